The van der Waals surface area contributed by atoms with Crippen LogP contribution < -0.4 is 5.73 Å². The van der Waals surface area contributed by atoms with Crippen molar-refractivity contribution in [2.24, 2.45) is 16.6 Å². The van der Waals surface area contributed by atoms with Gasteiger partial charge in [-0.05, 0) is 31.9 Å². The third-order valence-corrected chi connectivity index (χ3v) is 2.00. The van der Waals surface area contributed by atoms with E-state index in [0.717, 1.165) is 23.5 Å². The molecule has 0 bridgehead atoms. The summed E-state index contributed by atoms with van der Waals surface area (Å²) < 4.78 is 0. The number of aliphatic imine (C=N–C) groups is 1. The third kappa shape index (κ3) is 3.70. The molecule has 0 aliphatic rings. The van der Waals surface area contributed by atoms with E-state index in [4.69, 9.17) is 5.73 Å². The second-order valence-corrected chi connectivity index (χ2v) is 4.26. The Hall–Kier alpha value is -1.38. The Bertz CT molecular complexity index is 347. The van der Waals surface area contributed by atoms with Crippen LogP contribution in [0, 0.1) is 19.8 Å². The second-order valence-electron chi connectivity index (χ2n) is 4.26. The van der Waals surface area contributed by atoms with Crippen LogP contribution in [0.2, 0.25) is 0 Å². The molecule has 3 nitrogen and oxygen atoms in total. The van der Waals surface area contributed by atoms with E-state index in [2.05, 4.69) is 23.8 Å². The van der Waals surface area contributed by atoms with Crippen LogP contribution in [0.15, 0.2) is 17.1 Å². The van der Waals surface area contributed by atoms with E-state index in [0.29, 0.717) is 11.8 Å². The van der Waals surface area contributed by atoms with Gasteiger partial charge in [0, 0.05) is 23.5 Å². The summed E-state index contributed by atoms with van der Waals surface area (Å²) in [7, 11) is 0. The van der Waals surface area contributed by atoms with Crippen molar-refractivity contribution in [3.63, 3.8) is 0 Å². The van der Waals surface area contributed by atoms with Crippen LogP contribution in [-0.2, 0) is 0 Å². The second kappa shape index (κ2) is 4.91. The zero-order valence-electron chi connectivity index (χ0n) is 9.91. The van der Waals surface area contributed by atoms with E-state index >= 15 is 0 Å². The average Bonchev–Trinajstić information content (AvgIpc) is 2.12. The average molecular weight is 205 g/mol. The van der Waals surface area contributed by atoms with Crippen LogP contribution in [0.1, 0.15) is 30.8 Å². The molecule has 1 aromatic rings. The summed E-state index contributed by atoms with van der Waals surface area (Å²) in [6.45, 7) is 8.95. The lowest BCUT2D eigenvalue weighted by Gasteiger charge is -2.05. The van der Waals surface area contributed by atoms with Crippen LogP contribution in [0.5, 0.6) is 0 Å². The zero-order chi connectivity index (χ0) is 11.4. The molecule has 15 heavy (non-hydrogen) atoms. The summed E-state index contributed by atoms with van der Waals surface area (Å²) in [5.41, 5.74) is 8.83. The molecule has 2 N–H and O–H groups in total. The van der Waals surface area contributed by atoms with E-state index in [1.165, 1.54) is 0 Å². The zero-order valence-corrected chi connectivity index (χ0v) is 9.91. The number of nitrogens with zero attached hydrogens (tertiary/aromatic N) is 2. The van der Waals surface area contributed by atoms with Crippen LogP contribution in [0.3, 0.4) is 0 Å². The molecular weight excluding hydrogens is 186 g/mol. The van der Waals surface area contributed by atoms with Crippen molar-refractivity contribution in [3.05, 3.63) is 29.1 Å². The monoisotopic (exact) mass is 205 g/mol. The molecule has 0 aliphatic carbocycles. The van der Waals surface area contributed by atoms with Crippen molar-refractivity contribution in [1.29, 1.82) is 0 Å². The van der Waals surface area contributed by atoms with Crippen molar-refractivity contribution in [1.82, 2.24) is 4.98 Å². The Morgan fingerprint density at radius 3 is 2.33 bits per heavy atom. The molecule has 0 spiro atoms. The standard InChI is InChI=1S/C12H19N3/c1-8(2)7-14-12(13)11-5-9(3)15-10(4)6-11/h5-6,8H,7H2,1-4H3,(H2,13,14). The predicted octanol–water partition coefficient (Wildman–Crippen LogP) is 2.06. The van der Waals surface area contributed by atoms with Crippen LogP contribution in [0.4, 0.5) is 0 Å². The van der Waals surface area contributed by atoms with Crippen LogP contribution >= 0.6 is 0 Å². The highest BCUT2D eigenvalue weighted by Crippen LogP contribution is 2.05. The van der Waals surface area contributed by atoms with Gasteiger partial charge in [-0.2, -0.15) is 0 Å². The minimum atomic E-state index is 0.535. The number of hydrogen-bond donors (Lipinski definition) is 1. The van der Waals surface area contributed by atoms with E-state index in [9.17, 15) is 0 Å². The molecule has 1 heterocycles. The summed E-state index contributed by atoms with van der Waals surface area (Å²) in [5.74, 6) is 1.14. The van der Waals surface area contributed by atoms with Gasteiger partial charge in [0.1, 0.15) is 5.84 Å². The molecule has 3 heteroatoms. The fourth-order valence-corrected chi connectivity index (χ4v) is 1.35. The highest BCUT2D eigenvalue weighted by molar-refractivity contribution is 5.97. The Morgan fingerprint density at radius 2 is 1.87 bits per heavy atom. The number of aryl methyl sites for hydroxylation is 2. The molecule has 82 valence electrons. The summed E-state index contributed by atoms with van der Waals surface area (Å²) in [6, 6.07) is 3.93. The van der Waals surface area contributed by atoms with Gasteiger partial charge >= 0.3 is 0 Å². The first kappa shape index (κ1) is 11.7. The number of rotatable bonds is 3. The Morgan fingerprint density at radius 1 is 1.33 bits per heavy atom. The largest absolute Gasteiger partial charge is 0.384 e. The molecule has 0 saturated heterocycles. The Kier molecular flexibility index (Phi) is 3.83. The predicted molar refractivity (Wildman–Crippen MR) is 64.1 cm³/mol. The van der Waals surface area contributed by atoms with Gasteiger partial charge in [0.15, 0.2) is 0 Å². The highest BCUT2D eigenvalue weighted by Gasteiger charge is 2.01. The summed E-state index contributed by atoms with van der Waals surface area (Å²) in [5, 5.41) is 0. The maximum atomic E-state index is 5.90. The van der Waals surface area contributed by atoms with E-state index in [1.807, 2.05) is 26.0 Å². The van der Waals surface area contributed by atoms with Crippen molar-refractivity contribution in [2.75, 3.05) is 6.54 Å². The van der Waals surface area contributed by atoms with Gasteiger partial charge in [-0.15, -0.1) is 0 Å². The molecule has 1 rings (SSSR count). The molecule has 0 amide bonds. The lowest BCUT2D eigenvalue weighted by molar-refractivity contribution is 0.665. The van der Waals surface area contributed by atoms with Gasteiger partial charge in [0.25, 0.3) is 0 Å². The first-order valence-electron chi connectivity index (χ1n) is 5.24. The molecule has 1 aromatic heterocycles. The lowest BCUT2D eigenvalue weighted by atomic mass is 10.2. The van der Waals surface area contributed by atoms with Crippen molar-refractivity contribution in [2.45, 2.75) is 27.7 Å². The van der Waals surface area contributed by atoms with E-state index in [-0.39, 0.29) is 0 Å². The minimum absolute atomic E-state index is 0.535. The van der Waals surface area contributed by atoms with E-state index in [1.54, 1.807) is 0 Å². The number of amidine groups is 1. The number of aromatic nitrogens is 1. The fraction of sp³-hybridized carbons (Fsp3) is 0.500. The molecule has 0 radical (unpaired) electrons. The SMILES string of the molecule is Cc1cc(C(N)=NCC(C)C)cc(C)n1. The first-order valence-corrected chi connectivity index (χ1v) is 5.24. The molecule has 0 saturated carbocycles. The molecule has 0 aromatic carbocycles. The van der Waals surface area contributed by atoms with Crippen molar-refractivity contribution >= 4 is 5.84 Å². The molecule has 0 aliphatic heterocycles. The van der Waals surface area contributed by atoms with Gasteiger partial charge in [-0.25, -0.2) is 0 Å². The normalized spacial score (nSPS) is 12.2. The summed E-state index contributed by atoms with van der Waals surface area (Å²) in [6.07, 6.45) is 0. The van der Waals surface area contributed by atoms with Crippen molar-refractivity contribution in [3.8, 4) is 0 Å². The number of hydrogen-bond acceptors (Lipinski definition) is 2. The Labute approximate surface area is 91.4 Å². The highest BCUT2D eigenvalue weighted by atomic mass is 14.9. The Balaban J connectivity index is 2.90. The number of nitrogens with two attached hydrogens (primary N) is 1. The third-order valence-electron chi connectivity index (χ3n) is 2.00. The molecular formula is C12H19N3. The maximum Gasteiger partial charge on any atom is 0.125 e. The number of pyridine rings is 1. The van der Waals surface area contributed by atoms with Gasteiger partial charge in [0.2, 0.25) is 0 Å². The van der Waals surface area contributed by atoms with E-state index < -0.39 is 0 Å². The van der Waals surface area contributed by atoms with Crippen LogP contribution in [0.25, 0.3) is 0 Å². The quantitative estimate of drug-likeness (QED) is 0.606. The van der Waals surface area contributed by atoms with Gasteiger partial charge in [-0.1, -0.05) is 13.8 Å². The van der Waals surface area contributed by atoms with Gasteiger partial charge in [0.05, 0.1) is 0 Å². The van der Waals surface area contributed by atoms with Gasteiger partial charge in [-0.3, -0.25) is 9.98 Å². The van der Waals surface area contributed by atoms with Gasteiger partial charge < -0.3 is 5.73 Å². The molecule has 0 unspecified atom stereocenters. The maximum absolute atomic E-state index is 5.90. The van der Waals surface area contributed by atoms with Crippen LogP contribution in [-0.4, -0.2) is 17.4 Å². The topological polar surface area (TPSA) is 51.3 Å². The first-order chi connectivity index (χ1) is 6.99. The van der Waals surface area contributed by atoms with Crippen molar-refractivity contribution < 1.29 is 0 Å². The summed E-state index contributed by atoms with van der Waals surface area (Å²) in [4.78, 5) is 8.64. The lowest BCUT2D eigenvalue weighted by Crippen LogP contribution is -2.15. The minimum Gasteiger partial charge on any atom is -0.384 e. The smallest absolute Gasteiger partial charge is 0.125 e. The summed E-state index contributed by atoms with van der Waals surface area (Å²) >= 11 is 0. The molecule has 0 atom stereocenters. The molecule has 0 fully saturated rings. The fourth-order valence-electron chi connectivity index (χ4n) is 1.35.